The van der Waals surface area contributed by atoms with Crippen molar-refractivity contribution in [3.8, 4) is 0 Å². The average Bonchev–Trinajstić information content (AvgIpc) is 3.62. The molecule has 2 aromatic carbocycles. The van der Waals surface area contributed by atoms with Gasteiger partial charge in [-0.2, -0.15) is 0 Å². The third kappa shape index (κ3) is 11.2. The van der Waals surface area contributed by atoms with Gasteiger partial charge in [-0.1, -0.05) is 60.7 Å². The highest BCUT2D eigenvalue weighted by molar-refractivity contribution is 7.91. The number of carbonyl (C=O) groups excluding carboxylic acids is 3. The first kappa shape index (κ1) is 33.9. The number of aromatic nitrogens is 1. The van der Waals surface area contributed by atoms with Gasteiger partial charge in [-0.25, -0.2) is 18.0 Å². The largest absolute Gasteiger partial charge is 0.444 e. The van der Waals surface area contributed by atoms with Crippen LogP contribution in [0.15, 0.2) is 72.4 Å². The zero-order valence-corrected chi connectivity index (χ0v) is 27.3. The second-order valence-corrected chi connectivity index (χ2v) is 15.1. The summed E-state index contributed by atoms with van der Waals surface area (Å²) in [6, 6.07) is 17.4. The molecule has 1 aliphatic heterocycles. The number of hydrogen-bond acceptors (Lipinski definition) is 9. The molecule has 45 heavy (non-hydrogen) atoms. The van der Waals surface area contributed by atoms with Crippen molar-refractivity contribution in [1.82, 2.24) is 20.5 Å². The monoisotopic (exact) mass is 656 g/mol. The predicted octanol–water partition coefficient (Wildman–Crippen LogP) is 4.48. The van der Waals surface area contributed by atoms with E-state index in [0.29, 0.717) is 25.7 Å². The van der Waals surface area contributed by atoms with E-state index in [1.54, 1.807) is 32.5 Å². The Hall–Kier alpha value is -3.97. The minimum absolute atomic E-state index is 0.111. The van der Waals surface area contributed by atoms with Gasteiger partial charge >= 0.3 is 12.2 Å². The fourth-order valence-corrected chi connectivity index (χ4v) is 7.14. The molecule has 4 rings (SSSR count). The molecule has 0 radical (unpaired) electrons. The molecule has 1 saturated heterocycles. The summed E-state index contributed by atoms with van der Waals surface area (Å²) in [5.41, 5.74) is 2.81. The number of amides is 3. The smallest absolute Gasteiger partial charge is 0.411 e. The lowest BCUT2D eigenvalue weighted by Gasteiger charge is -2.29. The summed E-state index contributed by atoms with van der Waals surface area (Å²) in [6.45, 7) is 5.14. The molecule has 0 spiro atoms. The summed E-state index contributed by atoms with van der Waals surface area (Å²) < 4.78 is 35.9. The normalized spacial score (nSPS) is 17.2. The first-order valence-corrected chi connectivity index (χ1v) is 17.5. The molecule has 2 N–H and O–H groups in total. The molecular weight excluding hydrogens is 617 g/mol. The summed E-state index contributed by atoms with van der Waals surface area (Å²) in [7, 11) is -3.68. The summed E-state index contributed by atoms with van der Waals surface area (Å²) >= 11 is 1.40. The van der Waals surface area contributed by atoms with Gasteiger partial charge in [-0.15, -0.1) is 11.3 Å². The van der Waals surface area contributed by atoms with Gasteiger partial charge in [0.25, 0.3) is 0 Å². The lowest BCUT2D eigenvalue weighted by atomic mass is 9.96. The van der Waals surface area contributed by atoms with E-state index in [1.165, 1.54) is 11.3 Å². The van der Waals surface area contributed by atoms with Crippen molar-refractivity contribution < 1.29 is 32.3 Å². The SMILES string of the molecule is CC(C)(C)OC(=O)N1CS(=O)(=O)C[C@H]1C(=O)N[C@H](CC[C@H](Cc1ccccc1)NC(=O)OCc1cncs1)Cc1ccccc1. The number of sulfone groups is 1. The molecule has 11 nitrogen and oxygen atoms in total. The standard InChI is InChI=1S/C32H40N4O7S2/c1-32(2,3)43-31(39)36-22-45(40,41)20-28(36)29(37)34-25(16-23-10-6-4-7-11-23)14-15-26(17-24-12-8-5-9-13-24)35-30(38)42-19-27-18-33-21-44-27/h4-13,18,21,25-26,28H,14-17,19-20,22H2,1-3H3,(H,34,37)(H,35,38)/t25-,26-,28+/m1/s1. The molecule has 3 atom stereocenters. The van der Waals surface area contributed by atoms with Gasteiger partial charge in [-0.3, -0.25) is 14.7 Å². The van der Waals surface area contributed by atoms with Crippen LogP contribution < -0.4 is 10.6 Å². The van der Waals surface area contributed by atoms with Crippen molar-refractivity contribution in [1.29, 1.82) is 0 Å². The maximum absolute atomic E-state index is 13.6. The van der Waals surface area contributed by atoms with E-state index in [1.807, 2.05) is 60.7 Å². The van der Waals surface area contributed by atoms with Gasteiger partial charge < -0.3 is 20.1 Å². The van der Waals surface area contributed by atoms with Crippen LogP contribution in [0.2, 0.25) is 0 Å². The quantitative estimate of drug-likeness (QED) is 0.291. The molecule has 3 amide bonds. The molecule has 0 aliphatic carbocycles. The Morgan fingerprint density at radius 2 is 1.53 bits per heavy atom. The van der Waals surface area contributed by atoms with Crippen LogP contribution in [-0.4, -0.2) is 71.8 Å². The van der Waals surface area contributed by atoms with Crippen LogP contribution in [0.5, 0.6) is 0 Å². The van der Waals surface area contributed by atoms with Crippen LogP contribution in [0, 0.1) is 0 Å². The first-order valence-electron chi connectivity index (χ1n) is 14.8. The number of carbonyl (C=O) groups is 3. The highest BCUT2D eigenvalue weighted by Crippen LogP contribution is 2.21. The Morgan fingerprint density at radius 1 is 0.956 bits per heavy atom. The summed E-state index contributed by atoms with van der Waals surface area (Å²) in [5, 5.41) is 5.98. The van der Waals surface area contributed by atoms with Crippen molar-refractivity contribution >= 4 is 39.3 Å². The van der Waals surface area contributed by atoms with E-state index < -0.39 is 57.2 Å². The highest BCUT2D eigenvalue weighted by atomic mass is 32.2. The fraction of sp³-hybridized carbons (Fsp3) is 0.438. The molecule has 1 aliphatic rings. The zero-order valence-electron chi connectivity index (χ0n) is 25.7. The number of rotatable bonds is 12. The predicted molar refractivity (Wildman–Crippen MR) is 171 cm³/mol. The van der Waals surface area contributed by atoms with Crippen LogP contribution in [0.25, 0.3) is 0 Å². The van der Waals surface area contributed by atoms with Gasteiger partial charge in [0, 0.05) is 18.3 Å². The van der Waals surface area contributed by atoms with Gasteiger partial charge in [0.05, 0.1) is 16.1 Å². The van der Waals surface area contributed by atoms with Crippen LogP contribution in [0.3, 0.4) is 0 Å². The highest BCUT2D eigenvalue weighted by Gasteiger charge is 2.44. The fourth-order valence-electron chi connectivity index (χ4n) is 5.01. The molecule has 0 saturated carbocycles. The Kier molecular flexibility index (Phi) is 11.6. The third-order valence-corrected chi connectivity index (χ3v) is 9.31. The van der Waals surface area contributed by atoms with E-state index >= 15 is 0 Å². The zero-order chi connectivity index (χ0) is 32.5. The van der Waals surface area contributed by atoms with Crippen molar-refractivity contribution in [3.63, 3.8) is 0 Å². The number of hydrogen-bond donors (Lipinski definition) is 2. The minimum Gasteiger partial charge on any atom is -0.444 e. The Morgan fingerprint density at radius 3 is 2.07 bits per heavy atom. The Bertz CT molecular complexity index is 1510. The van der Waals surface area contributed by atoms with Crippen molar-refractivity contribution in [2.45, 2.75) is 76.8 Å². The van der Waals surface area contributed by atoms with E-state index in [-0.39, 0.29) is 12.6 Å². The van der Waals surface area contributed by atoms with Crippen LogP contribution in [-0.2, 0) is 43.6 Å². The van der Waals surface area contributed by atoms with Crippen molar-refractivity contribution in [2.24, 2.45) is 0 Å². The van der Waals surface area contributed by atoms with Gasteiger partial charge in [0.15, 0.2) is 9.84 Å². The maximum Gasteiger partial charge on any atom is 0.411 e. The molecule has 1 aromatic heterocycles. The second-order valence-electron chi connectivity index (χ2n) is 12.1. The number of alkyl carbamates (subject to hydrolysis) is 1. The number of benzene rings is 2. The number of ether oxygens (including phenoxy) is 2. The van der Waals surface area contributed by atoms with Gasteiger partial charge in [-0.05, 0) is 57.6 Å². The Balaban J connectivity index is 1.48. The molecule has 0 bridgehead atoms. The number of nitrogens with one attached hydrogen (secondary N) is 2. The van der Waals surface area contributed by atoms with Crippen molar-refractivity contribution in [2.75, 3.05) is 11.6 Å². The molecule has 0 unspecified atom stereocenters. The van der Waals surface area contributed by atoms with Crippen LogP contribution >= 0.6 is 11.3 Å². The van der Waals surface area contributed by atoms with E-state index in [9.17, 15) is 22.8 Å². The summed E-state index contributed by atoms with van der Waals surface area (Å²) in [5.74, 6) is -1.64. The van der Waals surface area contributed by atoms with Crippen molar-refractivity contribution in [3.05, 3.63) is 88.4 Å². The van der Waals surface area contributed by atoms with Crippen LogP contribution in [0.1, 0.15) is 49.6 Å². The molecule has 13 heteroatoms. The lowest BCUT2D eigenvalue weighted by molar-refractivity contribution is -0.125. The van der Waals surface area contributed by atoms with Crippen LogP contribution in [0.4, 0.5) is 9.59 Å². The summed E-state index contributed by atoms with van der Waals surface area (Å²) in [6.07, 6.45) is 2.18. The third-order valence-electron chi connectivity index (χ3n) is 7.07. The molecule has 242 valence electrons. The van der Waals surface area contributed by atoms with E-state index in [2.05, 4.69) is 15.6 Å². The maximum atomic E-state index is 13.6. The van der Waals surface area contributed by atoms with Gasteiger partial charge in [0.2, 0.25) is 5.91 Å². The average molecular weight is 657 g/mol. The molecule has 3 aromatic rings. The summed E-state index contributed by atoms with van der Waals surface area (Å²) in [4.78, 5) is 45.0. The lowest BCUT2D eigenvalue weighted by Crippen LogP contribution is -2.51. The number of thiazole rings is 1. The molecular formula is C32H40N4O7S2. The topological polar surface area (TPSA) is 144 Å². The van der Waals surface area contributed by atoms with E-state index in [0.717, 1.165) is 20.9 Å². The minimum atomic E-state index is -3.68. The number of nitrogens with zero attached hydrogens (tertiary/aromatic N) is 2. The van der Waals surface area contributed by atoms with E-state index in [4.69, 9.17) is 9.47 Å². The van der Waals surface area contributed by atoms with Gasteiger partial charge in [0.1, 0.15) is 24.1 Å². The Labute approximate surface area is 268 Å². The second kappa shape index (κ2) is 15.3. The molecule has 2 heterocycles. The molecule has 1 fully saturated rings. The first-order chi connectivity index (χ1) is 21.4.